The van der Waals surface area contributed by atoms with Gasteiger partial charge in [-0.15, -0.1) is 0 Å². The van der Waals surface area contributed by atoms with E-state index in [4.69, 9.17) is 4.98 Å². The zero-order valence-electron chi connectivity index (χ0n) is 21.9. The maximum absolute atomic E-state index is 11.3. The van der Waals surface area contributed by atoms with Gasteiger partial charge in [0.25, 0.3) is 0 Å². The van der Waals surface area contributed by atoms with E-state index in [1.807, 2.05) is 23.8 Å². The molecule has 0 saturated heterocycles. The third-order valence-electron chi connectivity index (χ3n) is 6.52. The van der Waals surface area contributed by atoms with Gasteiger partial charge in [-0.2, -0.15) is 0 Å². The quantitative estimate of drug-likeness (QED) is 0.185. The van der Waals surface area contributed by atoms with Gasteiger partial charge in [-0.3, -0.25) is 0 Å². The van der Waals surface area contributed by atoms with Crippen LogP contribution in [0.25, 0.3) is 32.4 Å². The molecule has 0 fully saturated rings. The molecule has 6 rings (SSSR count). The molecule has 0 aliphatic rings. The van der Waals surface area contributed by atoms with Crippen LogP contribution in [0.2, 0.25) is 0 Å². The van der Waals surface area contributed by atoms with Crippen molar-refractivity contribution in [2.75, 3.05) is 18.6 Å². The molecule has 7 nitrogen and oxygen atoms in total. The molecule has 0 bridgehead atoms. The van der Waals surface area contributed by atoms with Crippen LogP contribution in [-0.4, -0.2) is 62.5 Å². The molecule has 0 unspecified atom stereocenters. The summed E-state index contributed by atoms with van der Waals surface area (Å²) in [4.78, 5) is 9.41. The van der Waals surface area contributed by atoms with Crippen LogP contribution in [-0.2, 0) is 22.9 Å². The molecule has 201 valence electrons. The Labute approximate surface area is 243 Å². The fourth-order valence-electron chi connectivity index (χ4n) is 4.52. The van der Waals surface area contributed by atoms with Crippen molar-refractivity contribution < 1.29 is 8.42 Å². The summed E-state index contributed by atoms with van der Waals surface area (Å²) in [5, 5.41) is 13.1. The van der Waals surface area contributed by atoms with Crippen LogP contribution >= 0.6 is 11.3 Å². The van der Waals surface area contributed by atoms with Gasteiger partial charge in [0, 0.05) is 6.26 Å². The number of sulfone groups is 1. The molecule has 1 radical (unpaired) electrons. The molecule has 10 heteroatoms. The number of rotatable bonds is 10. The molecule has 0 spiro atoms. The van der Waals surface area contributed by atoms with Crippen molar-refractivity contribution in [1.29, 1.82) is 0 Å². The van der Waals surface area contributed by atoms with Crippen molar-refractivity contribution in [3.05, 3.63) is 102 Å². The zero-order chi connectivity index (χ0) is 27.5. The Morgan fingerprint density at radius 1 is 1.02 bits per heavy atom. The van der Waals surface area contributed by atoms with Crippen LogP contribution in [0.5, 0.6) is 0 Å². The summed E-state index contributed by atoms with van der Waals surface area (Å²) in [7, 11) is -2.97. The fraction of sp³-hybridized carbons (Fsp3) is 0.167. The third kappa shape index (κ3) is 6.34. The van der Waals surface area contributed by atoms with Gasteiger partial charge in [-0.05, 0) is 0 Å². The van der Waals surface area contributed by atoms with E-state index < -0.39 is 9.84 Å². The second-order valence-corrected chi connectivity index (χ2v) is 15.3. The molecule has 0 saturated carbocycles. The van der Waals surface area contributed by atoms with E-state index in [0.29, 0.717) is 13.1 Å². The van der Waals surface area contributed by atoms with Gasteiger partial charge in [0.1, 0.15) is 9.84 Å². The molecule has 3 heterocycles. The van der Waals surface area contributed by atoms with E-state index in [2.05, 4.69) is 86.8 Å². The Hall–Kier alpha value is -3.36. The predicted octanol–water partition coefficient (Wildman–Crippen LogP) is 3.55. The topological polar surface area (TPSA) is 89.8 Å². The van der Waals surface area contributed by atoms with E-state index in [1.54, 1.807) is 11.3 Å². The van der Waals surface area contributed by atoms with Crippen molar-refractivity contribution in [3.8, 4) is 10.6 Å². The summed E-state index contributed by atoms with van der Waals surface area (Å²) in [5.74, 6) is 0.122. The van der Waals surface area contributed by atoms with Crippen LogP contribution in [0.4, 0.5) is 0 Å². The van der Waals surface area contributed by atoms with Crippen LogP contribution < -0.4 is 14.0 Å². The number of aromatic nitrogens is 4. The number of hydrogen-bond acceptors (Lipinski definition) is 7. The predicted molar refractivity (Wildman–Crippen MR) is 165 cm³/mol. The Kier molecular flexibility index (Phi) is 7.80. The molecule has 0 atom stereocenters. The molecule has 0 aliphatic carbocycles. The summed E-state index contributed by atoms with van der Waals surface area (Å²) in [5.41, 5.74) is 5.29. The first-order chi connectivity index (χ1) is 19.4. The summed E-state index contributed by atoms with van der Waals surface area (Å²) < 4.78 is 27.3. The van der Waals surface area contributed by atoms with Gasteiger partial charge in [0.05, 0.1) is 0 Å². The van der Waals surface area contributed by atoms with Crippen LogP contribution in [0.15, 0.2) is 90.6 Å². The Balaban J connectivity index is 1.17. The van der Waals surface area contributed by atoms with Gasteiger partial charge < -0.3 is 0 Å². The molecule has 0 amide bonds. The normalized spacial score (nSPS) is 12.2. The van der Waals surface area contributed by atoms with E-state index in [-0.39, 0.29) is 21.5 Å². The molecular weight excluding hydrogens is 601 g/mol. The first-order valence-electron chi connectivity index (χ1n) is 12.8. The van der Waals surface area contributed by atoms with Gasteiger partial charge in [0.15, 0.2) is 0 Å². The van der Waals surface area contributed by atoms with Crippen LogP contribution in [0.1, 0.15) is 11.3 Å². The Morgan fingerprint density at radius 3 is 2.75 bits per heavy atom. The first-order valence-corrected chi connectivity index (χ1v) is 17.7. The van der Waals surface area contributed by atoms with E-state index in [9.17, 15) is 8.42 Å². The average Bonchev–Trinajstić information content (AvgIpc) is 3.58. The third-order valence-corrected chi connectivity index (χ3v) is 10.9. The van der Waals surface area contributed by atoms with Crippen molar-refractivity contribution >= 4 is 67.4 Å². The number of hydrogen-bond donors (Lipinski definition) is 1. The van der Waals surface area contributed by atoms with Crippen molar-refractivity contribution in [2.24, 2.45) is 0 Å². The standard InChI is InChI=1S/C30H27AsN5O2S2/c1-40(37,38)14-13-32-18-25-20-39-30(35-25)22-7-9-26-27(11-12-33-28(26)16-22)31-24-8-10-29-23(15-24)17-34-36(29)19-21-5-3-2-4-6-21/h2-12,15-17,20,32H,13-14,18-19H2,1H3. The first kappa shape index (κ1) is 26.8. The molecular formula is C30H27AsN5O2S2. The minimum absolute atomic E-state index is 0.122. The molecule has 40 heavy (non-hydrogen) atoms. The van der Waals surface area contributed by atoms with Crippen molar-refractivity contribution in [3.63, 3.8) is 0 Å². The van der Waals surface area contributed by atoms with Crippen molar-refractivity contribution in [1.82, 2.24) is 25.1 Å². The van der Waals surface area contributed by atoms with Gasteiger partial charge >= 0.3 is 220 Å². The minimum atomic E-state index is -2.97. The molecule has 3 aromatic carbocycles. The van der Waals surface area contributed by atoms with Crippen molar-refractivity contribution in [2.45, 2.75) is 13.1 Å². The number of nitrogens with one attached hydrogen (secondary N) is 1. The fourth-order valence-corrected chi connectivity index (χ4v) is 8.12. The van der Waals surface area contributed by atoms with E-state index >= 15 is 0 Å². The second kappa shape index (κ2) is 11.6. The SMILES string of the molecule is CS(=O)(=O)CCNCc1csc(-c2ccc3c([As]c4ccc5c(cnn5Cc5ccccc5)c4)ccnc3c2)n1. The van der Waals surface area contributed by atoms with Gasteiger partial charge in [-0.1, -0.05) is 0 Å². The number of pyridine rings is 1. The molecule has 1 N–H and O–H groups in total. The summed E-state index contributed by atoms with van der Waals surface area (Å²) in [6.07, 6.45) is 5.10. The average molecular weight is 629 g/mol. The molecule has 0 aliphatic heterocycles. The monoisotopic (exact) mass is 628 g/mol. The molecule has 3 aromatic heterocycles. The Morgan fingerprint density at radius 2 is 1.90 bits per heavy atom. The number of thiazole rings is 1. The van der Waals surface area contributed by atoms with Gasteiger partial charge in [0.2, 0.25) is 0 Å². The van der Waals surface area contributed by atoms with Gasteiger partial charge in [-0.25, -0.2) is 8.42 Å². The number of benzene rings is 3. The number of nitrogens with zero attached hydrogens (tertiary/aromatic N) is 4. The summed E-state index contributed by atoms with van der Waals surface area (Å²) >= 11 is 1.36. The summed E-state index contributed by atoms with van der Waals surface area (Å²) in [6.45, 7) is 1.72. The van der Waals surface area contributed by atoms with Crippen LogP contribution in [0, 0.1) is 0 Å². The van der Waals surface area contributed by atoms with E-state index in [1.165, 1.54) is 25.9 Å². The second-order valence-electron chi connectivity index (χ2n) is 9.66. The summed E-state index contributed by atoms with van der Waals surface area (Å²) in [6, 6.07) is 25.6. The Bertz CT molecular complexity index is 1900. The molecule has 6 aromatic rings. The number of fused-ring (bicyclic) bond motifs is 2. The maximum atomic E-state index is 11.3. The van der Waals surface area contributed by atoms with Crippen LogP contribution in [0.3, 0.4) is 0 Å². The zero-order valence-corrected chi connectivity index (χ0v) is 25.4. The van der Waals surface area contributed by atoms with E-state index in [0.717, 1.165) is 39.2 Å².